The third kappa shape index (κ3) is 6.19. The van der Waals surface area contributed by atoms with Gasteiger partial charge in [-0.1, -0.05) is 0 Å². The molecule has 0 spiro atoms. The first kappa shape index (κ1) is 26.4. The molecule has 0 fully saturated rings. The minimum atomic E-state index is -5.04. The third-order valence-corrected chi connectivity index (χ3v) is 5.30. The molecule has 2 amide bonds. The number of anilines is 2. The second-order valence-electron chi connectivity index (χ2n) is 8.02. The summed E-state index contributed by atoms with van der Waals surface area (Å²) >= 11 is 0. The van der Waals surface area contributed by atoms with Crippen molar-refractivity contribution in [1.29, 1.82) is 0 Å². The molecule has 2 heterocycles. The van der Waals surface area contributed by atoms with Crippen molar-refractivity contribution in [3.05, 3.63) is 83.4 Å². The van der Waals surface area contributed by atoms with Gasteiger partial charge in [0.05, 0.1) is 16.8 Å². The zero-order chi connectivity index (χ0) is 27.7. The fourth-order valence-electron chi connectivity index (χ4n) is 3.27. The van der Waals surface area contributed by atoms with Crippen LogP contribution in [0.1, 0.15) is 22.5 Å². The summed E-state index contributed by atoms with van der Waals surface area (Å²) in [6.45, 7) is 3.76. The van der Waals surface area contributed by atoms with E-state index < -0.39 is 35.2 Å². The average Bonchev–Trinajstić information content (AvgIpc) is 3.17. The normalized spacial score (nSPS) is 11.8. The van der Waals surface area contributed by atoms with Crippen LogP contribution in [0, 0.1) is 13.8 Å². The van der Waals surface area contributed by atoms with Gasteiger partial charge in [-0.15, -0.1) is 10.2 Å². The zero-order valence-electron chi connectivity index (χ0n) is 19.6. The van der Waals surface area contributed by atoms with Crippen LogP contribution in [0.2, 0.25) is 0 Å². The number of hydrogen-bond acceptors (Lipinski definition) is 5. The molecule has 0 atom stereocenters. The number of rotatable bonds is 5. The molecule has 0 aliphatic carbocycles. The molecular weight excluding hydrogens is 518 g/mol. The standard InChI is InChI=1S/C24H18F6N6O2/c1-13-14(2)36(12-31-13)20-7-8-21(35-34-20)38-19-5-3-17(4-6-19)32-22(37)33-18-10-15(23(25,26)27)9-16(11-18)24(28,29)30/h3-12H,1-2H3,(H2,32,33,37). The number of carbonyl (C=O) groups excluding carboxylic acids is 1. The smallest absolute Gasteiger partial charge is 0.416 e. The van der Waals surface area contributed by atoms with E-state index in [1.54, 1.807) is 23.0 Å². The summed E-state index contributed by atoms with van der Waals surface area (Å²) in [5.41, 5.74) is -1.80. The number of hydrogen-bond donors (Lipinski definition) is 2. The molecule has 2 aromatic heterocycles. The van der Waals surface area contributed by atoms with E-state index in [0.717, 1.165) is 11.4 Å². The summed E-state index contributed by atoms with van der Waals surface area (Å²) in [6, 6.07) is 8.82. The van der Waals surface area contributed by atoms with Gasteiger partial charge in [0.15, 0.2) is 5.82 Å². The Kier molecular flexibility index (Phi) is 6.98. The summed E-state index contributed by atoms with van der Waals surface area (Å²) in [6.07, 6.45) is -8.45. The number of carbonyl (C=O) groups is 1. The molecule has 14 heteroatoms. The second-order valence-corrected chi connectivity index (χ2v) is 8.02. The Morgan fingerprint density at radius 2 is 1.42 bits per heavy atom. The molecule has 0 aliphatic heterocycles. The first-order chi connectivity index (χ1) is 17.8. The number of imidazole rings is 1. The highest BCUT2D eigenvalue weighted by molar-refractivity contribution is 5.99. The van der Waals surface area contributed by atoms with Crippen molar-refractivity contribution in [2.45, 2.75) is 26.2 Å². The highest BCUT2D eigenvalue weighted by Crippen LogP contribution is 2.37. The number of alkyl halides is 6. The van der Waals surface area contributed by atoms with E-state index in [1.165, 1.54) is 24.3 Å². The van der Waals surface area contributed by atoms with Crippen LogP contribution in [0.5, 0.6) is 11.6 Å². The van der Waals surface area contributed by atoms with Gasteiger partial charge in [0.25, 0.3) is 0 Å². The lowest BCUT2D eigenvalue weighted by atomic mass is 10.1. The molecule has 38 heavy (non-hydrogen) atoms. The van der Waals surface area contributed by atoms with Crippen molar-refractivity contribution in [3.8, 4) is 17.4 Å². The maximum atomic E-state index is 13.0. The van der Waals surface area contributed by atoms with E-state index in [4.69, 9.17) is 4.74 Å². The molecule has 2 aromatic carbocycles. The molecule has 4 rings (SSSR count). The Morgan fingerprint density at radius 3 is 1.92 bits per heavy atom. The van der Waals surface area contributed by atoms with E-state index in [1.807, 2.05) is 19.2 Å². The molecule has 0 unspecified atom stereocenters. The van der Waals surface area contributed by atoms with Crippen LogP contribution in [0.25, 0.3) is 5.82 Å². The van der Waals surface area contributed by atoms with Gasteiger partial charge in [-0.05, 0) is 62.4 Å². The summed E-state index contributed by atoms with van der Waals surface area (Å²) in [4.78, 5) is 16.4. The fraction of sp³-hybridized carbons (Fsp3) is 0.167. The van der Waals surface area contributed by atoms with Gasteiger partial charge in [-0.3, -0.25) is 4.57 Å². The van der Waals surface area contributed by atoms with Crippen LogP contribution in [0.15, 0.2) is 60.9 Å². The van der Waals surface area contributed by atoms with Crippen molar-refractivity contribution in [3.63, 3.8) is 0 Å². The minimum Gasteiger partial charge on any atom is -0.438 e. The molecule has 0 saturated heterocycles. The monoisotopic (exact) mass is 536 g/mol. The van der Waals surface area contributed by atoms with E-state index >= 15 is 0 Å². The molecule has 4 aromatic rings. The Labute approximate surface area is 211 Å². The molecule has 2 N–H and O–H groups in total. The zero-order valence-corrected chi connectivity index (χ0v) is 19.6. The number of nitrogens with one attached hydrogen (secondary N) is 2. The second kappa shape index (κ2) is 10.0. The summed E-state index contributed by atoms with van der Waals surface area (Å²) in [7, 11) is 0. The molecule has 8 nitrogen and oxygen atoms in total. The van der Waals surface area contributed by atoms with Crippen LogP contribution in [-0.2, 0) is 12.4 Å². The van der Waals surface area contributed by atoms with Gasteiger partial charge < -0.3 is 15.4 Å². The van der Waals surface area contributed by atoms with Crippen molar-refractivity contribution in [1.82, 2.24) is 19.7 Å². The van der Waals surface area contributed by atoms with E-state index in [9.17, 15) is 31.1 Å². The van der Waals surface area contributed by atoms with Gasteiger partial charge in [0, 0.05) is 23.1 Å². The van der Waals surface area contributed by atoms with Crippen LogP contribution < -0.4 is 15.4 Å². The Hall–Kier alpha value is -4.62. The SMILES string of the molecule is Cc1ncn(-c2ccc(Oc3ccc(NC(=O)Nc4cc(C(F)(F)F)cc(C(F)(F)F)c4)cc3)nn2)c1C. The molecule has 0 radical (unpaired) electrons. The highest BCUT2D eigenvalue weighted by Gasteiger charge is 2.37. The number of aromatic nitrogens is 4. The predicted octanol–water partition coefficient (Wildman–Crippen LogP) is 6.75. The molecular formula is C24H18F6N6O2. The Morgan fingerprint density at radius 1 is 0.816 bits per heavy atom. The summed E-state index contributed by atoms with van der Waals surface area (Å²) < 4.78 is 85.4. The Balaban J connectivity index is 1.40. The average molecular weight is 536 g/mol. The number of halogens is 6. The van der Waals surface area contributed by atoms with Gasteiger partial charge in [-0.25, -0.2) is 9.78 Å². The number of aryl methyl sites for hydroxylation is 1. The lowest BCUT2D eigenvalue weighted by molar-refractivity contribution is -0.143. The maximum Gasteiger partial charge on any atom is 0.416 e. The van der Waals surface area contributed by atoms with Gasteiger partial charge >= 0.3 is 18.4 Å². The van der Waals surface area contributed by atoms with Crippen molar-refractivity contribution < 1.29 is 35.9 Å². The number of nitrogens with zero attached hydrogens (tertiary/aromatic N) is 4. The van der Waals surface area contributed by atoms with Crippen molar-refractivity contribution in [2.24, 2.45) is 0 Å². The summed E-state index contributed by atoms with van der Waals surface area (Å²) in [5, 5.41) is 12.4. The fourth-order valence-corrected chi connectivity index (χ4v) is 3.27. The first-order valence-corrected chi connectivity index (χ1v) is 10.8. The maximum absolute atomic E-state index is 13.0. The van der Waals surface area contributed by atoms with E-state index in [2.05, 4.69) is 20.5 Å². The van der Waals surface area contributed by atoms with Gasteiger partial charge in [0.2, 0.25) is 5.88 Å². The number of benzene rings is 2. The van der Waals surface area contributed by atoms with Crippen molar-refractivity contribution in [2.75, 3.05) is 10.6 Å². The molecule has 0 aliphatic rings. The van der Waals surface area contributed by atoms with Crippen molar-refractivity contribution >= 4 is 17.4 Å². The van der Waals surface area contributed by atoms with Crippen LogP contribution in [0.4, 0.5) is 42.5 Å². The lowest BCUT2D eigenvalue weighted by Gasteiger charge is -2.15. The van der Waals surface area contributed by atoms with Gasteiger partial charge in [0.1, 0.15) is 12.1 Å². The number of amides is 2. The predicted molar refractivity (Wildman–Crippen MR) is 124 cm³/mol. The first-order valence-electron chi connectivity index (χ1n) is 10.8. The molecule has 198 valence electrons. The van der Waals surface area contributed by atoms with Gasteiger partial charge in [-0.2, -0.15) is 26.3 Å². The quantitative estimate of drug-likeness (QED) is 0.275. The number of ether oxygens (including phenoxy) is 1. The lowest BCUT2D eigenvalue weighted by Crippen LogP contribution is -2.20. The largest absolute Gasteiger partial charge is 0.438 e. The van der Waals surface area contributed by atoms with Crippen LogP contribution >= 0.6 is 0 Å². The summed E-state index contributed by atoms with van der Waals surface area (Å²) in [5.74, 6) is 1.07. The Bertz CT molecular complexity index is 1420. The molecule has 0 bridgehead atoms. The highest BCUT2D eigenvalue weighted by atomic mass is 19.4. The molecule has 0 saturated carbocycles. The van der Waals surface area contributed by atoms with E-state index in [0.29, 0.717) is 23.7 Å². The number of urea groups is 1. The third-order valence-electron chi connectivity index (χ3n) is 5.30. The minimum absolute atomic E-state index is 0.0284. The van der Waals surface area contributed by atoms with E-state index in [-0.39, 0.29) is 17.6 Å². The topological polar surface area (TPSA) is 94.0 Å². The van der Waals surface area contributed by atoms with Crippen LogP contribution in [0.3, 0.4) is 0 Å². The van der Waals surface area contributed by atoms with Crippen LogP contribution in [-0.4, -0.2) is 25.8 Å².